The molecular weight excluding hydrogens is 318 g/mol. The highest BCUT2D eigenvalue weighted by atomic mass is 16.5. The largest absolute Gasteiger partial charge is 0.493 e. The maximum absolute atomic E-state index is 12.6. The van der Waals surface area contributed by atoms with Crippen LogP contribution >= 0.6 is 0 Å². The van der Waals surface area contributed by atoms with Gasteiger partial charge in [-0.1, -0.05) is 18.2 Å². The van der Waals surface area contributed by atoms with Crippen molar-refractivity contribution in [1.82, 2.24) is 4.90 Å². The zero-order chi connectivity index (χ0) is 17.8. The van der Waals surface area contributed by atoms with Crippen LogP contribution in [0.3, 0.4) is 0 Å². The van der Waals surface area contributed by atoms with Crippen LogP contribution in [0.4, 0.5) is 0 Å². The molecule has 0 radical (unpaired) electrons. The number of benzene rings is 1. The summed E-state index contributed by atoms with van der Waals surface area (Å²) >= 11 is 0. The van der Waals surface area contributed by atoms with Crippen molar-refractivity contribution < 1.29 is 13.9 Å². The fourth-order valence-corrected chi connectivity index (χ4v) is 3.18. The fourth-order valence-electron chi connectivity index (χ4n) is 3.18. The first-order chi connectivity index (χ1) is 12.0. The van der Waals surface area contributed by atoms with Crippen molar-refractivity contribution in [3.05, 3.63) is 63.7 Å². The van der Waals surface area contributed by atoms with E-state index in [0.29, 0.717) is 25.5 Å². The lowest BCUT2D eigenvalue weighted by atomic mass is 9.98. The van der Waals surface area contributed by atoms with E-state index in [0.717, 1.165) is 24.2 Å². The number of carbonyl (C=O) groups excluding carboxylic acids is 1. The van der Waals surface area contributed by atoms with Crippen LogP contribution in [0.5, 0.6) is 5.75 Å². The molecule has 0 saturated carbocycles. The van der Waals surface area contributed by atoms with Gasteiger partial charge < -0.3 is 14.1 Å². The molecule has 0 unspecified atom stereocenters. The molecule has 1 aromatic carbocycles. The Morgan fingerprint density at radius 1 is 1.28 bits per heavy atom. The van der Waals surface area contributed by atoms with Gasteiger partial charge in [0.05, 0.1) is 6.61 Å². The summed E-state index contributed by atoms with van der Waals surface area (Å²) < 4.78 is 11.4. The Labute approximate surface area is 147 Å². The average Bonchev–Trinajstić information content (AvgIpc) is 2.60. The summed E-state index contributed by atoms with van der Waals surface area (Å²) in [6.45, 7) is 5.56. The van der Waals surface area contributed by atoms with Crippen molar-refractivity contribution in [2.75, 3.05) is 19.7 Å². The second-order valence-corrected chi connectivity index (χ2v) is 6.60. The van der Waals surface area contributed by atoms with Gasteiger partial charge in [-0.3, -0.25) is 9.59 Å². The van der Waals surface area contributed by atoms with Crippen LogP contribution in [0.2, 0.25) is 0 Å². The van der Waals surface area contributed by atoms with Crippen LogP contribution in [0.25, 0.3) is 0 Å². The van der Waals surface area contributed by atoms with Gasteiger partial charge in [0.15, 0.2) is 11.2 Å². The molecule has 25 heavy (non-hydrogen) atoms. The van der Waals surface area contributed by atoms with E-state index in [4.69, 9.17) is 9.15 Å². The van der Waals surface area contributed by atoms with E-state index in [-0.39, 0.29) is 23.0 Å². The minimum Gasteiger partial charge on any atom is -0.493 e. The van der Waals surface area contributed by atoms with Gasteiger partial charge in [0, 0.05) is 31.1 Å². The highest BCUT2D eigenvalue weighted by Gasteiger charge is 2.26. The van der Waals surface area contributed by atoms with Gasteiger partial charge in [-0.15, -0.1) is 0 Å². The van der Waals surface area contributed by atoms with Crippen LogP contribution in [0.1, 0.15) is 34.7 Å². The predicted octanol–water partition coefficient (Wildman–Crippen LogP) is 3.19. The molecule has 1 fully saturated rings. The quantitative estimate of drug-likeness (QED) is 0.857. The Bertz CT molecular complexity index is 811. The normalized spacial score (nSPS) is 17.4. The van der Waals surface area contributed by atoms with Crippen molar-refractivity contribution in [2.24, 2.45) is 5.92 Å². The number of hydrogen-bond acceptors (Lipinski definition) is 4. The standard InChI is InChI=1S/C20H23NO4/c1-14-6-3-4-8-18(14)24-13-16-7-5-9-21(12-16)20(23)19-11-17(22)10-15(2)25-19/h3-4,6,8,10-11,16H,5,7,9,12-13H2,1-2H3/t16-/m0/s1. The van der Waals surface area contributed by atoms with Gasteiger partial charge in [0.2, 0.25) is 0 Å². The number of amides is 1. The zero-order valence-electron chi connectivity index (χ0n) is 14.7. The number of aryl methyl sites for hydroxylation is 2. The molecule has 1 atom stereocenters. The highest BCUT2D eigenvalue weighted by molar-refractivity contribution is 5.91. The van der Waals surface area contributed by atoms with Crippen LogP contribution < -0.4 is 10.2 Å². The third-order valence-corrected chi connectivity index (χ3v) is 4.47. The first-order valence-electron chi connectivity index (χ1n) is 8.62. The Morgan fingerprint density at radius 3 is 2.84 bits per heavy atom. The topological polar surface area (TPSA) is 59.8 Å². The second-order valence-electron chi connectivity index (χ2n) is 6.60. The molecule has 132 valence electrons. The molecule has 1 amide bonds. The SMILES string of the molecule is Cc1cc(=O)cc(C(=O)N2CCC[C@H](COc3ccccc3C)C2)o1. The minimum atomic E-state index is -0.221. The van der Waals surface area contributed by atoms with Gasteiger partial charge in [-0.2, -0.15) is 0 Å². The average molecular weight is 341 g/mol. The Balaban J connectivity index is 1.63. The summed E-state index contributed by atoms with van der Waals surface area (Å²) in [6, 6.07) is 10.6. The van der Waals surface area contributed by atoms with Crippen molar-refractivity contribution in [2.45, 2.75) is 26.7 Å². The molecule has 0 bridgehead atoms. The van der Waals surface area contributed by atoms with E-state index < -0.39 is 0 Å². The predicted molar refractivity (Wildman–Crippen MR) is 95.0 cm³/mol. The number of hydrogen-bond donors (Lipinski definition) is 0. The summed E-state index contributed by atoms with van der Waals surface area (Å²) in [5.74, 6) is 1.50. The molecule has 1 aliphatic rings. The summed E-state index contributed by atoms with van der Waals surface area (Å²) in [4.78, 5) is 26.0. The lowest BCUT2D eigenvalue weighted by molar-refractivity contribution is 0.0597. The first kappa shape index (κ1) is 17.3. The Kier molecular flexibility index (Phi) is 5.22. The molecule has 3 rings (SSSR count). The van der Waals surface area contributed by atoms with E-state index in [1.54, 1.807) is 11.8 Å². The van der Waals surface area contributed by atoms with Crippen molar-refractivity contribution in [3.8, 4) is 5.75 Å². The maximum atomic E-state index is 12.6. The molecule has 2 aromatic rings. The van der Waals surface area contributed by atoms with Crippen molar-refractivity contribution in [1.29, 1.82) is 0 Å². The lowest BCUT2D eigenvalue weighted by Gasteiger charge is -2.32. The molecule has 2 heterocycles. The van der Waals surface area contributed by atoms with Gasteiger partial charge >= 0.3 is 0 Å². The van der Waals surface area contributed by atoms with Crippen LogP contribution in [-0.4, -0.2) is 30.5 Å². The molecule has 0 N–H and O–H groups in total. The number of nitrogens with zero attached hydrogens (tertiary/aromatic N) is 1. The van der Waals surface area contributed by atoms with Gasteiger partial charge in [-0.25, -0.2) is 0 Å². The molecule has 0 spiro atoms. The zero-order valence-corrected chi connectivity index (χ0v) is 14.7. The van der Waals surface area contributed by atoms with E-state index in [2.05, 4.69) is 0 Å². The molecule has 1 saturated heterocycles. The Hall–Kier alpha value is -2.56. The molecule has 1 aromatic heterocycles. The fraction of sp³-hybridized carbons (Fsp3) is 0.400. The van der Waals surface area contributed by atoms with Crippen molar-refractivity contribution in [3.63, 3.8) is 0 Å². The summed E-state index contributed by atoms with van der Waals surface area (Å²) in [6.07, 6.45) is 1.94. The number of piperidine rings is 1. The van der Waals surface area contributed by atoms with Gasteiger partial charge in [0.1, 0.15) is 11.5 Å². The number of likely N-dealkylation sites (tertiary alicyclic amines) is 1. The van der Waals surface area contributed by atoms with E-state index in [1.165, 1.54) is 12.1 Å². The number of ether oxygens (including phenoxy) is 1. The van der Waals surface area contributed by atoms with Crippen LogP contribution in [-0.2, 0) is 0 Å². The minimum absolute atomic E-state index is 0.116. The monoisotopic (exact) mass is 341 g/mol. The third-order valence-electron chi connectivity index (χ3n) is 4.47. The van der Waals surface area contributed by atoms with Crippen molar-refractivity contribution >= 4 is 5.91 Å². The van der Waals surface area contributed by atoms with E-state index in [9.17, 15) is 9.59 Å². The molecule has 5 heteroatoms. The number of rotatable bonds is 4. The highest BCUT2D eigenvalue weighted by Crippen LogP contribution is 2.22. The summed E-state index contributed by atoms with van der Waals surface area (Å²) in [7, 11) is 0. The summed E-state index contributed by atoms with van der Waals surface area (Å²) in [5, 5.41) is 0. The number of para-hydroxylation sites is 1. The summed E-state index contributed by atoms with van der Waals surface area (Å²) in [5.41, 5.74) is 0.899. The van der Waals surface area contributed by atoms with Gasteiger partial charge in [-0.05, 0) is 38.3 Å². The van der Waals surface area contributed by atoms with E-state index >= 15 is 0 Å². The molecule has 1 aliphatic heterocycles. The first-order valence-corrected chi connectivity index (χ1v) is 8.62. The molecule has 0 aliphatic carbocycles. The smallest absolute Gasteiger partial charge is 0.289 e. The van der Waals surface area contributed by atoms with Crippen LogP contribution in [0.15, 0.2) is 45.6 Å². The van der Waals surface area contributed by atoms with Gasteiger partial charge in [0.25, 0.3) is 5.91 Å². The number of carbonyl (C=O) groups is 1. The van der Waals surface area contributed by atoms with E-state index in [1.807, 2.05) is 31.2 Å². The second kappa shape index (κ2) is 7.55. The molecular formula is C20H23NO4. The third kappa shape index (κ3) is 4.29. The van der Waals surface area contributed by atoms with Crippen LogP contribution in [0, 0.1) is 19.8 Å². The maximum Gasteiger partial charge on any atom is 0.289 e. The molecule has 5 nitrogen and oxygen atoms in total. The Morgan fingerprint density at radius 2 is 2.08 bits per heavy atom. The lowest BCUT2D eigenvalue weighted by Crippen LogP contribution is -2.41.